The fourth-order valence-corrected chi connectivity index (χ4v) is 5.00. The third-order valence-electron chi connectivity index (χ3n) is 4.64. The number of nitrogens with zero attached hydrogens (tertiary/aromatic N) is 1. The molecule has 21 heavy (non-hydrogen) atoms. The van der Waals surface area contributed by atoms with Gasteiger partial charge in [-0.1, -0.05) is 19.4 Å². The van der Waals surface area contributed by atoms with Crippen molar-refractivity contribution in [2.75, 3.05) is 18.1 Å². The van der Waals surface area contributed by atoms with Gasteiger partial charge < -0.3 is 4.90 Å². The van der Waals surface area contributed by atoms with E-state index in [9.17, 15) is 13.2 Å². The molecule has 5 heteroatoms. The van der Waals surface area contributed by atoms with Crippen LogP contribution in [0.3, 0.4) is 0 Å². The molecule has 2 aliphatic rings. The summed E-state index contributed by atoms with van der Waals surface area (Å²) < 4.78 is 23.3. The molecule has 2 rings (SSSR count). The fourth-order valence-electron chi connectivity index (χ4n) is 3.27. The summed E-state index contributed by atoms with van der Waals surface area (Å²) in [5.74, 6) is 1.13. The van der Waals surface area contributed by atoms with Crippen molar-refractivity contribution in [3.63, 3.8) is 0 Å². The van der Waals surface area contributed by atoms with E-state index in [-0.39, 0.29) is 23.5 Å². The van der Waals surface area contributed by atoms with Crippen LogP contribution in [0.25, 0.3) is 0 Å². The zero-order valence-electron chi connectivity index (χ0n) is 13.2. The van der Waals surface area contributed by atoms with Crippen LogP contribution in [0.15, 0.2) is 11.6 Å². The van der Waals surface area contributed by atoms with Gasteiger partial charge in [-0.2, -0.15) is 0 Å². The first-order chi connectivity index (χ1) is 9.91. The maximum atomic E-state index is 12.5. The smallest absolute Gasteiger partial charge is 0.246 e. The van der Waals surface area contributed by atoms with E-state index < -0.39 is 9.84 Å². The molecule has 0 aromatic rings. The van der Waals surface area contributed by atoms with Gasteiger partial charge in [0.1, 0.15) is 0 Å². The molecule has 1 aliphatic carbocycles. The molecule has 120 valence electrons. The lowest BCUT2D eigenvalue weighted by atomic mass is 9.87. The summed E-state index contributed by atoms with van der Waals surface area (Å²) in [6.45, 7) is 4.93. The minimum Gasteiger partial charge on any atom is -0.335 e. The Balaban J connectivity index is 2.04. The van der Waals surface area contributed by atoms with Crippen LogP contribution in [0.4, 0.5) is 0 Å². The van der Waals surface area contributed by atoms with Gasteiger partial charge in [0.15, 0.2) is 9.84 Å². The second kappa shape index (κ2) is 6.95. The van der Waals surface area contributed by atoms with Gasteiger partial charge in [-0.3, -0.25) is 4.79 Å². The first kappa shape index (κ1) is 16.5. The van der Waals surface area contributed by atoms with Crippen LogP contribution in [0.2, 0.25) is 0 Å². The average molecular weight is 313 g/mol. The summed E-state index contributed by atoms with van der Waals surface area (Å²) in [7, 11) is -2.95. The van der Waals surface area contributed by atoms with E-state index >= 15 is 0 Å². The highest BCUT2D eigenvalue weighted by atomic mass is 32.2. The van der Waals surface area contributed by atoms with Crippen molar-refractivity contribution < 1.29 is 13.2 Å². The van der Waals surface area contributed by atoms with Crippen molar-refractivity contribution in [3.8, 4) is 0 Å². The highest BCUT2D eigenvalue weighted by Crippen LogP contribution is 2.28. The van der Waals surface area contributed by atoms with Crippen LogP contribution in [-0.4, -0.2) is 43.3 Å². The van der Waals surface area contributed by atoms with Gasteiger partial charge in [-0.25, -0.2) is 8.42 Å². The zero-order chi connectivity index (χ0) is 15.5. The lowest BCUT2D eigenvalue weighted by Gasteiger charge is -2.28. The van der Waals surface area contributed by atoms with Crippen molar-refractivity contribution in [2.45, 2.75) is 58.4 Å². The van der Waals surface area contributed by atoms with E-state index in [1.165, 1.54) is 5.57 Å². The molecule has 1 saturated carbocycles. The lowest BCUT2D eigenvalue weighted by Crippen LogP contribution is -2.41. The van der Waals surface area contributed by atoms with Crippen LogP contribution in [-0.2, 0) is 14.6 Å². The Morgan fingerprint density at radius 2 is 1.95 bits per heavy atom. The van der Waals surface area contributed by atoms with Gasteiger partial charge in [0.05, 0.1) is 11.5 Å². The summed E-state index contributed by atoms with van der Waals surface area (Å²) >= 11 is 0. The Morgan fingerprint density at radius 3 is 2.48 bits per heavy atom. The summed E-state index contributed by atoms with van der Waals surface area (Å²) in [6, 6.07) is -0.123. The Labute approximate surface area is 128 Å². The van der Waals surface area contributed by atoms with E-state index in [1.807, 2.05) is 6.92 Å². The molecule has 0 aromatic carbocycles. The molecule has 1 atom stereocenters. The second-order valence-electron chi connectivity index (χ2n) is 6.57. The number of hydrogen-bond donors (Lipinski definition) is 0. The minimum atomic E-state index is -2.95. The second-order valence-corrected chi connectivity index (χ2v) is 8.80. The predicted molar refractivity (Wildman–Crippen MR) is 84.8 cm³/mol. The highest BCUT2D eigenvalue weighted by Gasteiger charge is 2.33. The summed E-state index contributed by atoms with van der Waals surface area (Å²) in [5, 5.41) is 0. The third kappa shape index (κ3) is 4.56. The number of carbonyl (C=O) groups excluding carboxylic acids is 1. The van der Waals surface area contributed by atoms with Gasteiger partial charge in [-0.05, 0) is 44.4 Å². The number of hydrogen-bond acceptors (Lipinski definition) is 3. The van der Waals surface area contributed by atoms with Crippen molar-refractivity contribution >= 4 is 15.7 Å². The molecule has 0 spiro atoms. The number of rotatable bonds is 4. The van der Waals surface area contributed by atoms with Crippen LogP contribution >= 0.6 is 0 Å². The maximum Gasteiger partial charge on any atom is 0.246 e. The van der Waals surface area contributed by atoms with Gasteiger partial charge in [0.2, 0.25) is 5.91 Å². The van der Waals surface area contributed by atoms with Gasteiger partial charge >= 0.3 is 0 Å². The van der Waals surface area contributed by atoms with Crippen molar-refractivity contribution in [1.82, 2.24) is 4.90 Å². The standard InChI is InChI=1S/C16H27NO3S/c1-3-9-17(15-8-10-21(19,20)12-15)16(18)11-14-6-4-13(2)5-7-14/h11,13,15H,3-10,12H2,1-2H3. The lowest BCUT2D eigenvalue weighted by molar-refractivity contribution is -0.127. The van der Waals surface area contributed by atoms with E-state index in [0.717, 1.165) is 38.0 Å². The van der Waals surface area contributed by atoms with Gasteiger partial charge in [0, 0.05) is 18.7 Å². The molecule has 1 aliphatic heterocycles. The average Bonchev–Trinajstić information content (AvgIpc) is 2.78. The molecule has 2 fully saturated rings. The van der Waals surface area contributed by atoms with Crippen LogP contribution in [0.5, 0.6) is 0 Å². The molecule has 0 radical (unpaired) electrons. The summed E-state index contributed by atoms with van der Waals surface area (Å²) in [6.07, 6.45) is 7.57. The fraction of sp³-hybridized carbons (Fsp3) is 0.812. The Kier molecular flexibility index (Phi) is 5.47. The van der Waals surface area contributed by atoms with Crippen molar-refractivity contribution in [3.05, 3.63) is 11.6 Å². The molecule has 1 unspecified atom stereocenters. The number of carbonyl (C=O) groups is 1. The minimum absolute atomic E-state index is 0.0171. The molecule has 1 heterocycles. The topological polar surface area (TPSA) is 54.5 Å². The summed E-state index contributed by atoms with van der Waals surface area (Å²) in [4.78, 5) is 14.3. The van der Waals surface area contributed by atoms with Crippen LogP contribution in [0, 0.1) is 5.92 Å². The van der Waals surface area contributed by atoms with Gasteiger partial charge in [0.25, 0.3) is 0 Å². The van der Waals surface area contributed by atoms with E-state index in [4.69, 9.17) is 0 Å². The molecular weight excluding hydrogens is 286 g/mol. The molecule has 1 amide bonds. The highest BCUT2D eigenvalue weighted by molar-refractivity contribution is 7.91. The molecular formula is C16H27NO3S. The maximum absolute atomic E-state index is 12.5. The third-order valence-corrected chi connectivity index (χ3v) is 6.39. The van der Waals surface area contributed by atoms with Gasteiger partial charge in [-0.15, -0.1) is 0 Å². The van der Waals surface area contributed by atoms with Crippen LogP contribution in [0.1, 0.15) is 52.4 Å². The van der Waals surface area contributed by atoms with E-state index in [0.29, 0.717) is 13.0 Å². The predicted octanol–water partition coefficient (Wildman–Crippen LogP) is 2.55. The monoisotopic (exact) mass is 313 g/mol. The van der Waals surface area contributed by atoms with Crippen molar-refractivity contribution in [2.24, 2.45) is 5.92 Å². The Bertz CT molecular complexity index is 500. The normalized spacial score (nSPS) is 28.4. The number of sulfone groups is 1. The quantitative estimate of drug-likeness (QED) is 0.750. The first-order valence-corrected chi connectivity index (χ1v) is 9.94. The van der Waals surface area contributed by atoms with E-state index in [2.05, 4.69) is 6.92 Å². The Morgan fingerprint density at radius 1 is 1.29 bits per heavy atom. The largest absolute Gasteiger partial charge is 0.335 e. The van der Waals surface area contributed by atoms with Crippen molar-refractivity contribution in [1.29, 1.82) is 0 Å². The zero-order valence-corrected chi connectivity index (χ0v) is 14.0. The molecule has 0 bridgehead atoms. The van der Waals surface area contributed by atoms with E-state index in [1.54, 1.807) is 11.0 Å². The molecule has 0 aromatic heterocycles. The number of amides is 1. The molecule has 4 nitrogen and oxygen atoms in total. The SMILES string of the molecule is CCCN(C(=O)C=C1CCC(C)CC1)C1CCS(=O)(=O)C1. The summed E-state index contributed by atoms with van der Waals surface area (Å²) in [5.41, 5.74) is 1.24. The Hall–Kier alpha value is -0.840. The first-order valence-electron chi connectivity index (χ1n) is 8.11. The van der Waals surface area contributed by atoms with Crippen LogP contribution < -0.4 is 0 Å². The molecule has 1 saturated heterocycles. The molecule has 0 N–H and O–H groups in total. The number of allylic oxidation sites excluding steroid dienone is 1.